The first-order valence-corrected chi connectivity index (χ1v) is 10.6. The fourth-order valence-electron chi connectivity index (χ4n) is 3.11. The summed E-state index contributed by atoms with van der Waals surface area (Å²) in [6.07, 6.45) is -1.10. The number of rotatable bonds is 5. The maximum absolute atomic E-state index is 12.8. The first-order chi connectivity index (χ1) is 13.9. The van der Waals surface area contributed by atoms with E-state index in [1.165, 1.54) is 18.3 Å². The monoisotopic (exact) mass is 430 g/mol. The fraction of sp³-hybridized carbons (Fsp3) is 0.476. The topological polar surface area (TPSA) is 86.8 Å². The Bertz CT molecular complexity index is 956. The van der Waals surface area contributed by atoms with E-state index in [-0.39, 0.29) is 0 Å². The summed E-state index contributed by atoms with van der Waals surface area (Å²) >= 11 is 1.39. The maximum atomic E-state index is 12.8. The van der Waals surface area contributed by atoms with Gasteiger partial charge in [-0.1, -0.05) is 6.07 Å². The Morgan fingerprint density at radius 2 is 1.80 bits per heavy atom. The largest absolute Gasteiger partial charge is 0.495 e. The van der Waals surface area contributed by atoms with E-state index < -0.39 is 36.3 Å². The molecule has 7 nitrogen and oxygen atoms in total. The summed E-state index contributed by atoms with van der Waals surface area (Å²) in [5, 5.41) is 5.32. The number of nitrogens with zero attached hydrogens (tertiary/aromatic N) is 1. The van der Waals surface area contributed by atoms with Gasteiger partial charge in [0, 0.05) is 18.0 Å². The van der Waals surface area contributed by atoms with Gasteiger partial charge in [-0.25, -0.2) is 4.98 Å². The smallest absolute Gasteiger partial charge is 0.446 e. The van der Waals surface area contributed by atoms with Crippen LogP contribution in [0, 0.1) is 13.8 Å². The summed E-state index contributed by atoms with van der Waals surface area (Å²) in [5.41, 5.74) is 1.95. The molecular weight excluding hydrogens is 403 g/mol. The van der Waals surface area contributed by atoms with Crippen molar-refractivity contribution in [1.82, 2.24) is 4.98 Å². The number of thiazole rings is 1. The van der Waals surface area contributed by atoms with Gasteiger partial charge in [0.2, 0.25) is 6.10 Å². The van der Waals surface area contributed by atoms with Crippen LogP contribution >= 0.6 is 11.3 Å². The molecule has 0 radical (unpaired) electrons. The molecule has 1 saturated heterocycles. The number of anilines is 1. The Hall–Kier alpha value is -2.23. The van der Waals surface area contributed by atoms with Gasteiger partial charge in [0.15, 0.2) is 0 Å². The lowest BCUT2D eigenvalue weighted by Gasteiger charge is -2.32. The highest BCUT2D eigenvalue weighted by atomic mass is 32.1. The second kappa shape index (κ2) is 8.13. The molecule has 2 heterocycles. The Morgan fingerprint density at radius 3 is 2.30 bits per heavy atom. The summed E-state index contributed by atoms with van der Waals surface area (Å²) in [4.78, 5) is 28.6. The van der Waals surface area contributed by atoms with Gasteiger partial charge < -0.3 is 19.4 Å². The van der Waals surface area contributed by atoms with Crippen molar-refractivity contribution in [3.05, 3.63) is 39.8 Å². The molecule has 9 heteroatoms. The number of nitrogens with one attached hydrogen (secondary N) is 1. The van der Waals surface area contributed by atoms with E-state index >= 15 is 0 Å². The number of esters is 1. The molecule has 1 aromatic heterocycles. The summed E-state index contributed by atoms with van der Waals surface area (Å²) in [6.45, 7) is 13.1. The summed E-state index contributed by atoms with van der Waals surface area (Å²) < 4.78 is 17.5. The van der Waals surface area contributed by atoms with Crippen molar-refractivity contribution in [3.8, 4) is 0 Å². The molecule has 1 fully saturated rings. The molecule has 30 heavy (non-hydrogen) atoms. The minimum absolute atomic E-state index is 0.413. The predicted octanol–water partition coefficient (Wildman–Crippen LogP) is 3.30. The van der Waals surface area contributed by atoms with E-state index in [1.807, 2.05) is 53.7 Å². The van der Waals surface area contributed by atoms with Crippen LogP contribution < -0.4 is 10.8 Å². The molecule has 1 aliphatic heterocycles. The van der Waals surface area contributed by atoms with Crippen LogP contribution in [0.5, 0.6) is 0 Å². The number of hydrogen-bond acceptors (Lipinski definition) is 7. The molecular formula is C21H27BN2O5S. The van der Waals surface area contributed by atoms with E-state index in [1.54, 1.807) is 11.4 Å². The molecule has 3 rings (SSSR count). The first kappa shape index (κ1) is 22.5. The van der Waals surface area contributed by atoms with Crippen molar-refractivity contribution in [2.45, 2.75) is 65.8 Å². The summed E-state index contributed by atoms with van der Waals surface area (Å²) in [5.74, 6) is -1.01. The zero-order valence-electron chi connectivity index (χ0n) is 18.4. The molecule has 1 amide bonds. The molecule has 2 aromatic rings. The van der Waals surface area contributed by atoms with E-state index in [0.717, 1.165) is 16.0 Å². The second-order valence-electron chi connectivity index (χ2n) is 8.43. The molecule has 1 aromatic carbocycles. The highest BCUT2D eigenvalue weighted by molar-refractivity contribution is 7.09. The number of aromatic nitrogens is 1. The maximum Gasteiger partial charge on any atom is 0.495 e. The Kier molecular flexibility index (Phi) is 6.09. The molecule has 1 N–H and O–H groups in total. The van der Waals surface area contributed by atoms with Crippen LogP contribution in [-0.2, 0) is 23.6 Å². The van der Waals surface area contributed by atoms with Gasteiger partial charge in [0.1, 0.15) is 5.69 Å². The second-order valence-corrected chi connectivity index (χ2v) is 9.49. The molecule has 0 bridgehead atoms. The number of aryl methyl sites for hydroxylation is 2. The van der Waals surface area contributed by atoms with Gasteiger partial charge in [-0.05, 0) is 64.7 Å². The Morgan fingerprint density at radius 1 is 1.17 bits per heavy atom. The van der Waals surface area contributed by atoms with E-state index in [4.69, 9.17) is 14.0 Å². The molecule has 160 valence electrons. The van der Waals surface area contributed by atoms with Crippen molar-refractivity contribution >= 4 is 41.5 Å². The van der Waals surface area contributed by atoms with Crippen LogP contribution in [-0.4, -0.2) is 35.2 Å². The highest BCUT2D eigenvalue weighted by Crippen LogP contribution is 2.36. The highest BCUT2D eigenvalue weighted by Gasteiger charge is 2.52. The number of carbonyl (C=O) groups is 2. The third-order valence-corrected chi connectivity index (χ3v) is 6.26. The van der Waals surface area contributed by atoms with Crippen molar-refractivity contribution in [3.63, 3.8) is 0 Å². The average Bonchev–Trinajstić information content (AvgIpc) is 3.12. The Labute approximate surface area is 181 Å². The summed E-state index contributed by atoms with van der Waals surface area (Å²) in [7, 11) is -0.480. The average molecular weight is 430 g/mol. The van der Waals surface area contributed by atoms with Crippen LogP contribution in [0.1, 0.15) is 57.0 Å². The molecule has 0 spiro atoms. The van der Waals surface area contributed by atoms with Crippen molar-refractivity contribution in [1.29, 1.82) is 0 Å². The Balaban J connectivity index is 1.78. The number of benzene rings is 1. The zero-order chi connectivity index (χ0) is 22.3. The number of carbonyl (C=O) groups excluding carboxylic acids is 2. The lowest BCUT2D eigenvalue weighted by molar-refractivity contribution is -0.152. The number of hydrogen-bond donors (Lipinski definition) is 1. The van der Waals surface area contributed by atoms with Crippen LogP contribution in [0.4, 0.5) is 5.69 Å². The number of ether oxygens (including phenoxy) is 1. The van der Waals surface area contributed by atoms with E-state index in [2.05, 4.69) is 10.3 Å². The quantitative estimate of drug-likeness (QED) is 0.579. The third-order valence-electron chi connectivity index (χ3n) is 5.47. The predicted molar refractivity (Wildman–Crippen MR) is 117 cm³/mol. The van der Waals surface area contributed by atoms with Crippen LogP contribution in [0.2, 0.25) is 0 Å². The van der Waals surface area contributed by atoms with Crippen molar-refractivity contribution in [2.24, 2.45) is 0 Å². The molecule has 0 saturated carbocycles. The third kappa shape index (κ3) is 4.58. The molecule has 1 atom stereocenters. The van der Waals surface area contributed by atoms with Crippen molar-refractivity contribution in [2.75, 3.05) is 5.32 Å². The number of amides is 1. The molecule has 0 aliphatic carbocycles. The molecule has 1 aliphatic rings. The zero-order valence-corrected chi connectivity index (χ0v) is 19.2. The van der Waals surface area contributed by atoms with Gasteiger partial charge in [-0.2, -0.15) is 0 Å². The standard InChI is InChI=1S/C21H27BN2O5S/c1-12-10-15(8-9-16(12)22-28-20(4,5)21(6,7)29-22)24-19(26)18(27-14(3)25)17-11-30-13(2)23-17/h8-11,18H,1-7H3,(H,24,26). The van der Waals surface area contributed by atoms with Gasteiger partial charge >= 0.3 is 13.1 Å². The lowest BCUT2D eigenvalue weighted by Crippen LogP contribution is -2.41. The van der Waals surface area contributed by atoms with Crippen LogP contribution in [0.25, 0.3) is 0 Å². The first-order valence-electron chi connectivity index (χ1n) is 9.76. The van der Waals surface area contributed by atoms with Crippen LogP contribution in [0.15, 0.2) is 23.6 Å². The normalized spacial score (nSPS) is 18.2. The van der Waals surface area contributed by atoms with Crippen molar-refractivity contribution < 1.29 is 23.6 Å². The molecule has 1 unspecified atom stereocenters. The van der Waals surface area contributed by atoms with E-state index in [9.17, 15) is 9.59 Å². The fourth-order valence-corrected chi connectivity index (χ4v) is 3.74. The summed E-state index contributed by atoms with van der Waals surface area (Å²) in [6, 6.07) is 5.50. The van der Waals surface area contributed by atoms with Gasteiger partial charge in [-0.3, -0.25) is 9.59 Å². The SMILES string of the molecule is CC(=O)OC(C(=O)Nc1ccc(B2OC(C)(C)C(C)(C)O2)c(C)c1)c1csc(C)n1. The van der Waals surface area contributed by atoms with E-state index in [0.29, 0.717) is 11.4 Å². The van der Waals surface area contributed by atoms with Crippen LogP contribution in [0.3, 0.4) is 0 Å². The minimum atomic E-state index is -1.10. The lowest BCUT2D eigenvalue weighted by atomic mass is 9.76. The minimum Gasteiger partial charge on any atom is -0.446 e. The van der Waals surface area contributed by atoms with Gasteiger partial charge in [0.05, 0.1) is 16.2 Å². The van der Waals surface area contributed by atoms with Gasteiger partial charge in [-0.15, -0.1) is 11.3 Å². The van der Waals surface area contributed by atoms with Gasteiger partial charge in [0.25, 0.3) is 5.91 Å².